The van der Waals surface area contributed by atoms with E-state index in [9.17, 15) is 0 Å². The third-order valence-corrected chi connectivity index (χ3v) is 0. The van der Waals surface area contributed by atoms with E-state index < -0.39 is 0 Å². The zero-order valence-corrected chi connectivity index (χ0v) is 8.36. The van der Waals surface area contributed by atoms with E-state index in [0.717, 1.165) is 14.4 Å². The van der Waals surface area contributed by atoms with Gasteiger partial charge in [0.2, 0.25) is 0 Å². The van der Waals surface area contributed by atoms with Crippen LogP contribution in [0, 0.1) is 0 Å². The first-order valence-corrected chi connectivity index (χ1v) is 4.37. The fraction of sp³-hybridized carbons (Fsp3) is 0. The van der Waals surface area contributed by atoms with Gasteiger partial charge in [-0.25, -0.2) is 0 Å². The van der Waals surface area contributed by atoms with Crippen LogP contribution in [0.3, 0.4) is 0 Å². The molecule has 0 saturated carbocycles. The van der Waals surface area contributed by atoms with Crippen LogP contribution < -0.4 is 0 Å². The van der Waals surface area contributed by atoms with Crippen LogP contribution in [0.2, 0.25) is 0 Å². The molecule has 0 aromatic carbocycles. The summed E-state index contributed by atoms with van der Waals surface area (Å²) in [5.74, 6) is 0. The average Bonchev–Trinajstić information content (AvgIpc) is 1.00. The summed E-state index contributed by atoms with van der Waals surface area (Å²) in [6, 6.07) is 0. The van der Waals surface area contributed by atoms with Crippen molar-refractivity contribution in [2.75, 3.05) is 0 Å². The van der Waals surface area contributed by atoms with E-state index in [4.69, 9.17) is 0 Å². The van der Waals surface area contributed by atoms with Crippen molar-refractivity contribution >= 4 is 14.4 Å². The van der Waals surface area contributed by atoms with E-state index in [0.29, 0.717) is 0 Å². The fourth-order valence-corrected chi connectivity index (χ4v) is 0. The summed E-state index contributed by atoms with van der Waals surface area (Å²) in [6.45, 7) is 0. The number of rotatable bonds is 0. The van der Waals surface area contributed by atoms with E-state index in [1.807, 2.05) is 0 Å². The third-order valence-electron chi connectivity index (χ3n) is 0. The SMILES string of the molecule is [AlH2][Fe].[Ti].[V]. The summed E-state index contributed by atoms with van der Waals surface area (Å²) in [5.41, 5.74) is 0. The van der Waals surface area contributed by atoms with Gasteiger partial charge >= 0.3 is 28.6 Å². The van der Waals surface area contributed by atoms with Crippen LogP contribution >= 0.6 is 0 Å². The summed E-state index contributed by atoms with van der Waals surface area (Å²) in [7, 11) is 0. The van der Waals surface area contributed by atoms with Gasteiger partial charge in [-0.3, -0.25) is 0 Å². The molecule has 0 fully saturated rings. The summed E-state index contributed by atoms with van der Waals surface area (Å²) in [5, 5.41) is 0. The van der Waals surface area contributed by atoms with Gasteiger partial charge in [0.25, 0.3) is 0 Å². The van der Waals surface area contributed by atoms with Crippen molar-refractivity contribution < 1.29 is 54.4 Å². The molecule has 1 radical (unpaired) electrons. The quantitative estimate of drug-likeness (QED) is 0.426. The van der Waals surface area contributed by atoms with Crippen LogP contribution in [0.5, 0.6) is 0 Å². The standard InChI is InChI=1S/Al.Fe.Ti.V.2H. The molecule has 0 rings (SSSR count). The van der Waals surface area contributed by atoms with E-state index in [1.165, 1.54) is 0 Å². The molecule has 0 N–H and O–H groups in total. The van der Waals surface area contributed by atoms with Crippen molar-refractivity contribution in [2.24, 2.45) is 0 Å². The Morgan fingerprint density at radius 3 is 1.25 bits per heavy atom. The van der Waals surface area contributed by atoms with Gasteiger partial charge in [-0.05, 0) is 0 Å². The van der Waals surface area contributed by atoms with Crippen molar-refractivity contribution in [3.05, 3.63) is 0 Å². The number of hydrogen-bond acceptors (Lipinski definition) is 0. The van der Waals surface area contributed by atoms with Gasteiger partial charge in [0.1, 0.15) is 0 Å². The van der Waals surface area contributed by atoms with Gasteiger partial charge in [0.15, 0.2) is 0 Å². The Hall–Kier alpha value is 2.35. The molecule has 0 atom stereocenters. The molecular formula is H2AlFeTiV. The minimum absolute atomic E-state index is 0. The molecule has 0 unspecified atom stereocenters. The van der Waals surface area contributed by atoms with Gasteiger partial charge in [-0.2, -0.15) is 0 Å². The van der Waals surface area contributed by atoms with Crippen molar-refractivity contribution in [2.45, 2.75) is 0 Å². The molecule has 0 aromatic heterocycles. The van der Waals surface area contributed by atoms with Crippen molar-refractivity contribution in [3.8, 4) is 0 Å². The molecule has 0 aromatic rings. The molecule has 0 aliphatic heterocycles. The first-order chi connectivity index (χ1) is 1.00. The van der Waals surface area contributed by atoms with E-state index in [-0.39, 0.29) is 40.3 Å². The fourth-order valence-electron chi connectivity index (χ4n) is 0. The summed E-state index contributed by atoms with van der Waals surface area (Å²) >= 11 is 4.44. The second kappa shape index (κ2) is 18.3. The Bertz CT molecular complexity index is 8.00. The van der Waals surface area contributed by atoms with Crippen LogP contribution in [0.1, 0.15) is 0 Å². The first-order valence-electron chi connectivity index (χ1n) is 0.354. The second-order valence-corrected chi connectivity index (χ2v) is 0. The zero-order valence-electron chi connectivity index (χ0n) is 2.30. The molecule has 0 nitrogen and oxygen atoms in total. The molecular weight excluding hydrogens is 182 g/mol. The van der Waals surface area contributed by atoms with Crippen LogP contribution in [0.15, 0.2) is 0 Å². The second-order valence-electron chi connectivity index (χ2n) is 0. The Balaban J connectivity index is -0.00000000500. The Labute approximate surface area is 68.0 Å². The van der Waals surface area contributed by atoms with Crippen molar-refractivity contribution in [1.29, 1.82) is 0 Å². The monoisotopic (exact) mass is 184 g/mol. The molecule has 0 bridgehead atoms. The maximum absolute atomic E-state index is 3.39. The maximum atomic E-state index is 3.39. The Kier molecular flexibility index (Phi) is 74.2. The number of hydrogen-bond donors (Lipinski definition) is 0. The van der Waals surface area contributed by atoms with Gasteiger partial charge in [0.05, 0.1) is 0 Å². The minimum atomic E-state index is 0. The predicted molar refractivity (Wildman–Crippen MR) is 8.54 cm³/mol. The smallest absolute Gasteiger partial charge is 0 e. The van der Waals surface area contributed by atoms with Crippen molar-refractivity contribution in [3.63, 3.8) is 0 Å². The van der Waals surface area contributed by atoms with Crippen LogP contribution in [-0.2, 0) is 54.4 Å². The van der Waals surface area contributed by atoms with Crippen molar-refractivity contribution in [1.82, 2.24) is 0 Å². The normalized spacial score (nSPS) is 1.25. The first kappa shape index (κ1) is 16.2. The van der Waals surface area contributed by atoms with E-state index in [1.54, 1.807) is 0 Å². The van der Waals surface area contributed by atoms with E-state index in [2.05, 4.69) is 14.1 Å². The summed E-state index contributed by atoms with van der Waals surface area (Å²) < 4.78 is 0. The molecule has 0 saturated heterocycles. The van der Waals surface area contributed by atoms with Crippen LogP contribution in [-0.4, -0.2) is 14.4 Å². The largest absolute Gasteiger partial charge is 0 e. The molecule has 0 aliphatic rings. The molecule has 22 valence electrons. The summed E-state index contributed by atoms with van der Waals surface area (Å²) in [4.78, 5) is 0. The Morgan fingerprint density at radius 1 is 1.25 bits per heavy atom. The van der Waals surface area contributed by atoms with Crippen LogP contribution in [0.25, 0.3) is 0 Å². The summed E-state index contributed by atoms with van der Waals surface area (Å²) in [6.07, 6.45) is 0. The van der Waals surface area contributed by atoms with Crippen LogP contribution in [0.4, 0.5) is 0 Å². The van der Waals surface area contributed by atoms with Gasteiger partial charge < -0.3 is 0 Å². The van der Waals surface area contributed by atoms with Gasteiger partial charge in [-0.1, -0.05) is 0 Å². The van der Waals surface area contributed by atoms with E-state index >= 15 is 0 Å². The molecule has 0 amide bonds. The van der Waals surface area contributed by atoms with Gasteiger partial charge in [0, 0.05) is 40.3 Å². The third kappa shape index (κ3) is 8.84. The van der Waals surface area contributed by atoms with Gasteiger partial charge in [-0.15, -0.1) is 0 Å². The zero-order chi connectivity index (χ0) is 2.00. The predicted octanol–water partition coefficient (Wildman–Crippen LogP) is -0.924. The molecule has 4 heavy (non-hydrogen) atoms. The minimum Gasteiger partial charge on any atom is 0 e. The molecule has 0 heterocycles. The molecule has 0 aliphatic carbocycles. The molecule has 0 spiro atoms. The Morgan fingerprint density at radius 2 is 1.25 bits per heavy atom. The molecule has 4 heteroatoms. The maximum Gasteiger partial charge on any atom is 0 e. The topological polar surface area (TPSA) is 0 Å². The average molecular weight is 184 g/mol.